The average molecular weight is 393 g/mol. The predicted octanol–water partition coefficient (Wildman–Crippen LogP) is 4.08. The summed E-state index contributed by atoms with van der Waals surface area (Å²) >= 11 is 9.26. The van der Waals surface area contributed by atoms with Gasteiger partial charge in [-0.05, 0) is 36.4 Å². The molecule has 5 nitrogen and oxygen atoms in total. The summed E-state index contributed by atoms with van der Waals surface area (Å²) in [4.78, 5) is 16.3. The fourth-order valence-electron chi connectivity index (χ4n) is 1.93. The van der Waals surface area contributed by atoms with Crippen molar-refractivity contribution in [1.29, 1.82) is 0 Å². The van der Waals surface area contributed by atoms with E-state index in [9.17, 15) is 4.79 Å². The highest BCUT2D eigenvalue weighted by atomic mass is 79.9. The Morgan fingerprint density at radius 3 is 2.74 bits per heavy atom. The van der Waals surface area contributed by atoms with Crippen LogP contribution in [0.15, 0.2) is 57.5 Å². The molecule has 3 aromatic rings. The fraction of sp³-hybridized carbons (Fsp3) is 0.0625. The number of nitrogens with zero attached hydrogens (tertiary/aromatic N) is 2. The van der Waals surface area contributed by atoms with Crippen LogP contribution in [0.25, 0.3) is 11.4 Å². The lowest BCUT2D eigenvalue weighted by molar-refractivity contribution is 0.0946. The van der Waals surface area contributed by atoms with Crippen LogP contribution in [0.5, 0.6) is 0 Å². The smallest absolute Gasteiger partial charge is 0.251 e. The molecular formula is C16H11BrClN3O2. The van der Waals surface area contributed by atoms with E-state index in [0.29, 0.717) is 22.3 Å². The van der Waals surface area contributed by atoms with Gasteiger partial charge in [-0.2, -0.15) is 4.98 Å². The maximum absolute atomic E-state index is 12.0. The zero-order chi connectivity index (χ0) is 16.2. The van der Waals surface area contributed by atoms with Gasteiger partial charge in [-0.25, -0.2) is 0 Å². The standard InChI is InChI=1S/C16H11BrClN3O2/c17-12-6-4-10(5-7-12)16(22)19-9-14-20-15(21-23-14)11-2-1-3-13(18)8-11/h1-8H,9H2,(H,19,22). The van der Waals surface area contributed by atoms with Crippen molar-refractivity contribution in [2.75, 3.05) is 0 Å². The molecule has 1 N–H and O–H groups in total. The largest absolute Gasteiger partial charge is 0.343 e. The summed E-state index contributed by atoms with van der Waals surface area (Å²) in [5, 5.41) is 7.22. The van der Waals surface area contributed by atoms with Crippen molar-refractivity contribution >= 4 is 33.4 Å². The zero-order valence-electron chi connectivity index (χ0n) is 11.8. The molecule has 0 fully saturated rings. The second-order valence-corrected chi connectivity index (χ2v) is 6.06. The van der Waals surface area contributed by atoms with Crippen LogP contribution < -0.4 is 5.32 Å². The minimum Gasteiger partial charge on any atom is -0.343 e. The number of hydrogen-bond acceptors (Lipinski definition) is 4. The van der Waals surface area contributed by atoms with E-state index in [1.165, 1.54) is 0 Å². The van der Waals surface area contributed by atoms with E-state index in [2.05, 4.69) is 31.4 Å². The molecule has 23 heavy (non-hydrogen) atoms. The van der Waals surface area contributed by atoms with Crippen molar-refractivity contribution < 1.29 is 9.32 Å². The van der Waals surface area contributed by atoms with Crippen LogP contribution in [-0.4, -0.2) is 16.0 Å². The van der Waals surface area contributed by atoms with Gasteiger partial charge in [0.1, 0.15) is 0 Å². The second-order valence-electron chi connectivity index (χ2n) is 4.71. The molecule has 0 spiro atoms. The molecule has 0 aliphatic rings. The first kappa shape index (κ1) is 15.7. The van der Waals surface area contributed by atoms with Crippen LogP contribution >= 0.6 is 27.5 Å². The fourth-order valence-corrected chi connectivity index (χ4v) is 2.39. The number of hydrogen-bond donors (Lipinski definition) is 1. The maximum atomic E-state index is 12.0. The molecule has 0 radical (unpaired) electrons. The van der Waals surface area contributed by atoms with Crippen LogP contribution in [0.3, 0.4) is 0 Å². The SMILES string of the molecule is O=C(NCc1nc(-c2cccc(Cl)c2)no1)c1ccc(Br)cc1. The van der Waals surface area contributed by atoms with E-state index in [-0.39, 0.29) is 12.5 Å². The topological polar surface area (TPSA) is 68.0 Å². The molecule has 0 aliphatic carbocycles. The van der Waals surface area contributed by atoms with Gasteiger partial charge in [-0.1, -0.05) is 44.8 Å². The number of benzene rings is 2. The third-order valence-electron chi connectivity index (χ3n) is 3.06. The minimum atomic E-state index is -0.208. The van der Waals surface area contributed by atoms with Crippen LogP contribution in [0.4, 0.5) is 0 Å². The molecule has 1 heterocycles. The molecule has 0 atom stereocenters. The quantitative estimate of drug-likeness (QED) is 0.726. The highest BCUT2D eigenvalue weighted by Crippen LogP contribution is 2.19. The number of nitrogens with one attached hydrogen (secondary N) is 1. The molecule has 116 valence electrons. The number of halogens is 2. The third-order valence-corrected chi connectivity index (χ3v) is 3.82. The second kappa shape index (κ2) is 6.93. The van der Waals surface area contributed by atoms with Crippen LogP contribution in [-0.2, 0) is 6.54 Å². The Morgan fingerprint density at radius 1 is 1.22 bits per heavy atom. The highest BCUT2D eigenvalue weighted by molar-refractivity contribution is 9.10. The van der Waals surface area contributed by atoms with Crippen molar-refractivity contribution in [3.05, 3.63) is 69.5 Å². The van der Waals surface area contributed by atoms with Crippen molar-refractivity contribution in [1.82, 2.24) is 15.5 Å². The van der Waals surface area contributed by atoms with Gasteiger partial charge in [0.25, 0.3) is 5.91 Å². The molecule has 1 amide bonds. The molecule has 0 bridgehead atoms. The molecule has 1 aromatic heterocycles. The van der Waals surface area contributed by atoms with Crippen molar-refractivity contribution in [2.24, 2.45) is 0 Å². The zero-order valence-corrected chi connectivity index (χ0v) is 14.1. The van der Waals surface area contributed by atoms with E-state index in [4.69, 9.17) is 16.1 Å². The summed E-state index contributed by atoms with van der Waals surface area (Å²) in [7, 11) is 0. The number of amides is 1. The Labute approximate surface area is 145 Å². The molecular weight excluding hydrogens is 382 g/mol. The Morgan fingerprint density at radius 2 is 2.00 bits per heavy atom. The summed E-state index contributed by atoms with van der Waals surface area (Å²) in [6, 6.07) is 14.2. The Bertz CT molecular complexity index is 833. The first-order chi connectivity index (χ1) is 11.1. The van der Waals surface area contributed by atoms with E-state index >= 15 is 0 Å². The molecule has 2 aromatic carbocycles. The van der Waals surface area contributed by atoms with Gasteiger partial charge in [0.15, 0.2) is 0 Å². The molecule has 7 heteroatoms. The monoisotopic (exact) mass is 391 g/mol. The first-order valence-electron chi connectivity index (χ1n) is 6.74. The van der Waals surface area contributed by atoms with E-state index < -0.39 is 0 Å². The number of aromatic nitrogens is 2. The van der Waals surface area contributed by atoms with Gasteiger partial charge in [-0.15, -0.1) is 0 Å². The maximum Gasteiger partial charge on any atom is 0.251 e. The molecule has 0 aliphatic heterocycles. The van der Waals surface area contributed by atoms with E-state index in [1.54, 1.807) is 36.4 Å². The molecule has 3 rings (SSSR count). The van der Waals surface area contributed by atoms with Gasteiger partial charge in [0.2, 0.25) is 11.7 Å². The molecule has 0 saturated heterocycles. The van der Waals surface area contributed by atoms with Gasteiger partial charge in [0, 0.05) is 20.6 Å². The summed E-state index contributed by atoms with van der Waals surface area (Å²) < 4.78 is 6.05. The summed E-state index contributed by atoms with van der Waals surface area (Å²) in [6.07, 6.45) is 0. The Hall–Kier alpha value is -2.18. The van der Waals surface area contributed by atoms with Crippen molar-refractivity contribution in [3.8, 4) is 11.4 Å². The van der Waals surface area contributed by atoms with Crippen molar-refractivity contribution in [3.63, 3.8) is 0 Å². The molecule has 0 unspecified atom stereocenters. The van der Waals surface area contributed by atoms with Crippen LogP contribution in [0.2, 0.25) is 5.02 Å². The van der Waals surface area contributed by atoms with Gasteiger partial charge in [0.05, 0.1) is 6.54 Å². The third kappa shape index (κ3) is 3.97. The van der Waals surface area contributed by atoms with E-state index in [0.717, 1.165) is 10.0 Å². The predicted molar refractivity (Wildman–Crippen MR) is 90.1 cm³/mol. The number of carbonyl (C=O) groups excluding carboxylic acids is 1. The minimum absolute atomic E-state index is 0.155. The Kier molecular flexibility index (Phi) is 4.73. The normalized spacial score (nSPS) is 10.5. The van der Waals surface area contributed by atoms with Gasteiger partial charge < -0.3 is 9.84 Å². The summed E-state index contributed by atoms with van der Waals surface area (Å²) in [6.45, 7) is 0.155. The lowest BCUT2D eigenvalue weighted by Crippen LogP contribution is -2.22. The summed E-state index contributed by atoms with van der Waals surface area (Å²) in [5.41, 5.74) is 1.31. The highest BCUT2D eigenvalue weighted by Gasteiger charge is 2.11. The Balaban J connectivity index is 1.65. The van der Waals surface area contributed by atoms with Crippen LogP contribution in [0, 0.1) is 0 Å². The average Bonchev–Trinajstić information content (AvgIpc) is 3.02. The lowest BCUT2D eigenvalue weighted by atomic mass is 10.2. The van der Waals surface area contributed by atoms with Gasteiger partial charge >= 0.3 is 0 Å². The lowest BCUT2D eigenvalue weighted by Gasteiger charge is -2.02. The first-order valence-corrected chi connectivity index (χ1v) is 7.91. The van der Waals surface area contributed by atoms with Crippen LogP contribution in [0.1, 0.15) is 16.2 Å². The summed E-state index contributed by atoms with van der Waals surface area (Å²) in [5.74, 6) is 0.547. The number of rotatable bonds is 4. The van der Waals surface area contributed by atoms with Gasteiger partial charge in [-0.3, -0.25) is 4.79 Å². The number of carbonyl (C=O) groups is 1. The molecule has 0 saturated carbocycles. The van der Waals surface area contributed by atoms with E-state index in [1.807, 2.05) is 12.1 Å². The van der Waals surface area contributed by atoms with Crippen molar-refractivity contribution in [2.45, 2.75) is 6.54 Å².